The lowest BCUT2D eigenvalue weighted by atomic mass is 10.1. The number of aliphatic hydroxyl groups is 1. The molecule has 0 radical (unpaired) electrons. The fraction of sp³-hybridized carbons (Fsp3) is 0.533. The summed E-state index contributed by atoms with van der Waals surface area (Å²) in [6.45, 7) is 2.26. The number of aryl methyl sites for hydroxylation is 1. The molecule has 0 bridgehead atoms. The van der Waals surface area contributed by atoms with Crippen molar-refractivity contribution in [2.24, 2.45) is 0 Å². The molecule has 1 rings (SSSR count). The molecule has 0 aromatic heterocycles. The van der Waals surface area contributed by atoms with Crippen LogP contribution in [0.25, 0.3) is 0 Å². The molecule has 0 unspecified atom stereocenters. The van der Waals surface area contributed by atoms with Crippen LogP contribution in [-0.2, 0) is 6.42 Å². The lowest BCUT2D eigenvalue weighted by molar-refractivity contribution is 0.186. The summed E-state index contributed by atoms with van der Waals surface area (Å²) in [5.74, 6) is 0.965. The van der Waals surface area contributed by atoms with Crippen LogP contribution in [0.5, 0.6) is 5.75 Å². The smallest absolute Gasteiger partial charge is 0.225 e. The highest BCUT2D eigenvalue weighted by Crippen LogP contribution is 2.15. The molecule has 0 aliphatic rings. The second kappa shape index (κ2) is 8.20. The lowest BCUT2D eigenvalue weighted by Gasteiger charge is -2.05. The summed E-state index contributed by atoms with van der Waals surface area (Å²) in [6, 6.07) is 8.41. The monoisotopic (exact) mass is 220 g/mol. The first-order valence-corrected chi connectivity index (χ1v) is 6.42. The van der Waals surface area contributed by atoms with Crippen LogP contribution < -0.4 is 0 Å². The van der Waals surface area contributed by atoms with Crippen molar-refractivity contribution in [2.45, 2.75) is 51.9 Å². The summed E-state index contributed by atoms with van der Waals surface area (Å²) in [5.41, 5.74) is 1.42. The molecule has 0 aliphatic heterocycles. The fourth-order valence-corrected chi connectivity index (χ4v) is 1.88. The van der Waals surface area contributed by atoms with Crippen molar-refractivity contribution in [1.82, 2.24) is 0 Å². The average molecular weight is 220 g/mol. The minimum Gasteiger partial charge on any atom is -0.722 e. The first-order chi connectivity index (χ1) is 7.86. The van der Waals surface area contributed by atoms with Crippen LogP contribution in [0.3, 0.4) is 0 Å². The highest BCUT2D eigenvalue weighted by molar-refractivity contribution is 5.26. The van der Waals surface area contributed by atoms with Crippen LogP contribution >= 0.6 is 0 Å². The molecular formula is C15H24O. The SMILES string of the molecule is [CH2-][OH+]c1ccc(CCCCCCCC)cc1. The van der Waals surface area contributed by atoms with Crippen molar-refractivity contribution < 1.29 is 4.74 Å². The van der Waals surface area contributed by atoms with E-state index in [2.05, 4.69) is 30.9 Å². The summed E-state index contributed by atoms with van der Waals surface area (Å²) >= 11 is 0. The van der Waals surface area contributed by atoms with Gasteiger partial charge in [-0.15, -0.1) is 0 Å². The third kappa shape index (κ3) is 5.20. The quantitative estimate of drug-likeness (QED) is 0.344. The second-order valence-electron chi connectivity index (χ2n) is 4.34. The molecule has 1 nitrogen and oxygen atoms in total. The average Bonchev–Trinajstić information content (AvgIpc) is 2.34. The fourth-order valence-electron chi connectivity index (χ4n) is 1.88. The second-order valence-corrected chi connectivity index (χ2v) is 4.34. The van der Waals surface area contributed by atoms with E-state index in [0.717, 1.165) is 5.75 Å². The summed E-state index contributed by atoms with van der Waals surface area (Å²) < 4.78 is 3.89. The Bertz CT molecular complexity index is 263. The lowest BCUT2D eigenvalue weighted by Crippen LogP contribution is -1.86. The number of hydrogen-bond donors (Lipinski definition) is 0. The molecule has 1 aromatic rings. The van der Waals surface area contributed by atoms with E-state index in [1.54, 1.807) is 0 Å². The predicted molar refractivity (Wildman–Crippen MR) is 70.5 cm³/mol. The number of unbranched alkanes of at least 4 members (excludes halogenated alkanes) is 5. The van der Waals surface area contributed by atoms with Crippen LogP contribution in [0.2, 0.25) is 0 Å². The van der Waals surface area contributed by atoms with Crippen molar-refractivity contribution in [2.75, 3.05) is 0 Å². The normalized spacial score (nSPS) is 10.4. The zero-order valence-corrected chi connectivity index (χ0v) is 10.4. The van der Waals surface area contributed by atoms with Gasteiger partial charge in [0.2, 0.25) is 5.75 Å². The Balaban J connectivity index is 2.12. The molecule has 1 N–H and O–H groups in total. The molecule has 90 valence electrons. The zero-order valence-electron chi connectivity index (χ0n) is 10.4. The van der Waals surface area contributed by atoms with Gasteiger partial charge in [0, 0.05) is 12.1 Å². The first kappa shape index (κ1) is 13.1. The molecule has 0 amide bonds. The van der Waals surface area contributed by atoms with Crippen molar-refractivity contribution in [1.29, 1.82) is 0 Å². The van der Waals surface area contributed by atoms with E-state index in [1.165, 1.54) is 50.5 Å². The number of ether oxygens (including phenoxy) is 1. The number of rotatable bonds is 8. The van der Waals surface area contributed by atoms with Gasteiger partial charge in [0.15, 0.2) is 0 Å². The van der Waals surface area contributed by atoms with Gasteiger partial charge in [-0.05, 0) is 25.5 Å². The largest absolute Gasteiger partial charge is 0.722 e. The van der Waals surface area contributed by atoms with E-state index in [9.17, 15) is 0 Å². The zero-order chi connectivity index (χ0) is 11.6. The summed E-state index contributed by atoms with van der Waals surface area (Å²) in [6.07, 6.45) is 9.38. The maximum atomic E-state index is 3.89. The van der Waals surface area contributed by atoms with Crippen molar-refractivity contribution >= 4 is 0 Å². The van der Waals surface area contributed by atoms with E-state index < -0.39 is 0 Å². The standard InChI is InChI=1S/C15H24O/c1-3-4-5-6-7-8-9-14-10-12-15(16-2)13-11-14/h10-13,16H,2-9H2,1H3. The van der Waals surface area contributed by atoms with Crippen LogP contribution in [0.15, 0.2) is 24.3 Å². The first-order valence-electron chi connectivity index (χ1n) is 6.42. The van der Waals surface area contributed by atoms with Crippen LogP contribution in [0.4, 0.5) is 0 Å². The number of aromatic hydroxyl groups is 1. The Labute approximate surface area is 99.8 Å². The Hall–Kier alpha value is -0.980. The number of benzene rings is 1. The topological polar surface area (TPSA) is 12.8 Å². The molecule has 1 aromatic carbocycles. The Morgan fingerprint density at radius 1 is 0.938 bits per heavy atom. The summed E-state index contributed by atoms with van der Waals surface area (Å²) in [4.78, 5) is 0. The maximum absolute atomic E-state index is 3.89. The van der Waals surface area contributed by atoms with Gasteiger partial charge in [0.25, 0.3) is 0 Å². The van der Waals surface area contributed by atoms with E-state index in [-0.39, 0.29) is 0 Å². The third-order valence-corrected chi connectivity index (χ3v) is 2.94. The van der Waals surface area contributed by atoms with Crippen molar-refractivity contribution in [3.8, 4) is 5.75 Å². The maximum Gasteiger partial charge on any atom is 0.225 e. The van der Waals surface area contributed by atoms with Gasteiger partial charge in [-0.25, -0.2) is 0 Å². The van der Waals surface area contributed by atoms with Crippen LogP contribution in [0, 0.1) is 7.11 Å². The van der Waals surface area contributed by atoms with E-state index in [1.807, 2.05) is 12.1 Å². The molecule has 0 aliphatic carbocycles. The van der Waals surface area contributed by atoms with Gasteiger partial charge in [-0.2, -0.15) is 0 Å². The van der Waals surface area contributed by atoms with E-state index in [4.69, 9.17) is 0 Å². The highest BCUT2D eigenvalue weighted by Gasteiger charge is 1.96. The number of hydrogen-bond acceptors (Lipinski definition) is 0. The molecule has 0 heterocycles. The molecule has 1 heteroatoms. The van der Waals surface area contributed by atoms with Gasteiger partial charge < -0.3 is 4.74 Å². The van der Waals surface area contributed by atoms with E-state index >= 15 is 0 Å². The molecule has 0 saturated carbocycles. The highest BCUT2D eigenvalue weighted by atomic mass is 16.5. The molecular weight excluding hydrogens is 196 g/mol. The summed E-state index contributed by atoms with van der Waals surface area (Å²) in [7, 11) is 3.51. The summed E-state index contributed by atoms with van der Waals surface area (Å²) in [5, 5.41) is 0. The Kier molecular flexibility index (Phi) is 6.71. The molecule has 0 atom stereocenters. The van der Waals surface area contributed by atoms with Gasteiger partial charge >= 0.3 is 0 Å². The molecule has 0 spiro atoms. The Morgan fingerprint density at radius 3 is 2.19 bits per heavy atom. The minimum absolute atomic E-state index is 0.965. The van der Waals surface area contributed by atoms with Crippen LogP contribution in [0.1, 0.15) is 51.0 Å². The predicted octanol–water partition coefficient (Wildman–Crippen LogP) is 4.62. The molecule has 16 heavy (non-hydrogen) atoms. The van der Waals surface area contributed by atoms with Crippen LogP contribution in [-0.4, -0.2) is 4.74 Å². The van der Waals surface area contributed by atoms with Crippen molar-refractivity contribution in [3.05, 3.63) is 36.9 Å². The van der Waals surface area contributed by atoms with Crippen molar-refractivity contribution in [3.63, 3.8) is 0 Å². The van der Waals surface area contributed by atoms with Gasteiger partial charge in [0.1, 0.15) is 0 Å². The van der Waals surface area contributed by atoms with E-state index in [0.29, 0.717) is 0 Å². The molecule has 0 fully saturated rings. The Morgan fingerprint density at radius 2 is 1.56 bits per heavy atom. The third-order valence-electron chi connectivity index (χ3n) is 2.94. The van der Waals surface area contributed by atoms with Gasteiger partial charge in [-0.1, -0.05) is 51.2 Å². The van der Waals surface area contributed by atoms with Gasteiger partial charge in [-0.3, -0.25) is 0 Å². The minimum atomic E-state index is 0.965. The molecule has 0 saturated heterocycles. The van der Waals surface area contributed by atoms with Gasteiger partial charge in [0.05, 0.1) is 0 Å².